The average Bonchev–Trinajstić information content (AvgIpc) is 2.82. The summed E-state index contributed by atoms with van der Waals surface area (Å²) < 4.78 is 0. The van der Waals surface area contributed by atoms with Crippen LogP contribution in [0.1, 0.15) is 49.7 Å². The number of H-pyrrole nitrogens is 1. The highest BCUT2D eigenvalue weighted by atomic mass is 16.3. The lowest BCUT2D eigenvalue weighted by Crippen LogP contribution is -2.40. The van der Waals surface area contributed by atoms with Crippen molar-refractivity contribution in [2.75, 3.05) is 6.54 Å². The number of nitrogens with one attached hydrogen (secondary N) is 2. The van der Waals surface area contributed by atoms with Crippen LogP contribution in [0.15, 0.2) is 12.3 Å². The molecule has 1 atom stereocenters. The number of hydrogen-bond donors (Lipinski definition) is 3. The van der Waals surface area contributed by atoms with E-state index < -0.39 is 5.60 Å². The Morgan fingerprint density at radius 3 is 2.84 bits per heavy atom. The van der Waals surface area contributed by atoms with Gasteiger partial charge < -0.3 is 15.4 Å². The van der Waals surface area contributed by atoms with E-state index in [4.69, 9.17) is 5.26 Å². The summed E-state index contributed by atoms with van der Waals surface area (Å²) in [5, 5.41) is 21.5. The van der Waals surface area contributed by atoms with Crippen LogP contribution in [-0.4, -0.2) is 28.1 Å². The van der Waals surface area contributed by atoms with Gasteiger partial charge in [-0.3, -0.25) is 4.79 Å². The molecular weight excluding hydrogens is 242 g/mol. The molecule has 1 aromatic rings. The second kappa shape index (κ2) is 6.39. The molecule has 0 spiro atoms. The normalized spacial score (nSPS) is 13.9. The van der Waals surface area contributed by atoms with Crippen LogP contribution in [0.3, 0.4) is 0 Å². The number of rotatable bonds is 6. The van der Waals surface area contributed by atoms with Crippen molar-refractivity contribution in [3.05, 3.63) is 23.5 Å². The van der Waals surface area contributed by atoms with Gasteiger partial charge in [0.1, 0.15) is 11.8 Å². The lowest BCUT2D eigenvalue weighted by atomic mass is 9.95. The molecule has 0 bridgehead atoms. The molecule has 1 rings (SSSR count). The van der Waals surface area contributed by atoms with Crippen molar-refractivity contribution in [3.63, 3.8) is 0 Å². The van der Waals surface area contributed by atoms with E-state index in [1.165, 1.54) is 12.3 Å². The number of carbonyl (C=O) groups is 1. The van der Waals surface area contributed by atoms with Crippen molar-refractivity contribution in [1.82, 2.24) is 10.3 Å². The molecule has 0 aliphatic heterocycles. The average molecular weight is 263 g/mol. The van der Waals surface area contributed by atoms with E-state index in [-0.39, 0.29) is 12.5 Å². The zero-order valence-corrected chi connectivity index (χ0v) is 11.7. The van der Waals surface area contributed by atoms with Gasteiger partial charge in [0.15, 0.2) is 0 Å². The maximum absolute atomic E-state index is 11.8. The number of amides is 1. The smallest absolute Gasteiger partial charge is 0.267 e. The van der Waals surface area contributed by atoms with Crippen molar-refractivity contribution in [3.8, 4) is 6.07 Å². The van der Waals surface area contributed by atoms with E-state index in [2.05, 4.69) is 24.1 Å². The van der Waals surface area contributed by atoms with Gasteiger partial charge in [0, 0.05) is 12.7 Å². The molecule has 0 saturated heterocycles. The summed E-state index contributed by atoms with van der Waals surface area (Å²) in [5.41, 5.74) is -0.169. The first kappa shape index (κ1) is 15.3. The van der Waals surface area contributed by atoms with Crippen molar-refractivity contribution < 1.29 is 9.90 Å². The molecule has 1 heterocycles. The maximum Gasteiger partial charge on any atom is 0.267 e. The Bertz CT molecular complexity index is 469. The fraction of sp³-hybridized carbons (Fsp3) is 0.571. The molecule has 0 aliphatic rings. The largest absolute Gasteiger partial charge is 0.388 e. The molecule has 5 heteroatoms. The number of carbonyl (C=O) groups excluding carboxylic acids is 1. The molecule has 0 aliphatic carbocycles. The van der Waals surface area contributed by atoms with Gasteiger partial charge in [0.2, 0.25) is 0 Å². The third-order valence-electron chi connectivity index (χ3n) is 2.95. The SMILES string of the molecule is CC(C)CCC(C)(O)CNC(=O)c1cc(C#N)c[nH]1. The lowest BCUT2D eigenvalue weighted by Gasteiger charge is -2.24. The zero-order chi connectivity index (χ0) is 14.5. The predicted octanol–water partition coefficient (Wildman–Crippen LogP) is 1.80. The minimum atomic E-state index is -0.912. The Morgan fingerprint density at radius 1 is 1.63 bits per heavy atom. The summed E-state index contributed by atoms with van der Waals surface area (Å²) in [6.45, 7) is 6.10. The first-order chi connectivity index (χ1) is 8.84. The van der Waals surface area contributed by atoms with Gasteiger partial charge in [-0.05, 0) is 31.7 Å². The summed E-state index contributed by atoms with van der Waals surface area (Å²) in [5.74, 6) is 0.204. The molecule has 1 unspecified atom stereocenters. The highest BCUT2D eigenvalue weighted by molar-refractivity contribution is 5.92. The fourth-order valence-electron chi connectivity index (χ4n) is 1.64. The second-order valence-corrected chi connectivity index (χ2v) is 5.53. The minimum Gasteiger partial charge on any atom is -0.388 e. The van der Waals surface area contributed by atoms with Gasteiger partial charge in [-0.2, -0.15) is 5.26 Å². The maximum atomic E-state index is 11.8. The zero-order valence-electron chi connectivity index (χ0n) is 11.7. The second-order valence-electron chi connectivity index (χ2n) is 5.53. The van der Waals surface area contributed by atoms with Gasteiger partial charge in [-0.25, -0.2) is 0 Å². The van der Waals surface area contributed by atoms with Gasteiger partial charge in [-0.1, -0.05) is 13.8 Å². The molecule has 0 radical (unpaired) electrons. The molecule has 0 fully saturated rings. The quantitative estimate of drug-likeness (QED) is 0.731. The third-order valence-corrected chi connectivity index (χ3v) is 2.95. The molecular formula is C14H21N3O2. The van der Waals surface area contributed by atoms with Crippen LogP contribution in [0.4, 0.5) is 0 Å². The van der Waals surface area contributed by atoms with E-state index in [0.717, 1.165) is 6.42 Å². The van der Waals surface area contributed by atoms with E-state index in [9.17, 15) is 9.90 Å². The van der Waals surface area contributed by atoms with Gasteiger partial charge >= 0.3 is 0 Å². The van der Waals surface area contributed by atoms with Crippen molar-refractivity contribution in [2.24, 2.45) is 5.92 Å². The van der Waals surface area contributed by atoms with Gasteiger partial charge in [0.05, 0.1) is 11.2 Å². The number of hydrogen-bond acceptors (Lipinski definition) is 3. The van der Waals surface area contributed by atoms with Gasteiger partial charge in [0.25, 0.3) is 5.91 Å². The van der Waals surface area contributed by atoms with Crippen molar-refractivity contribution >= 4 is 5.91 Å². The molecule has 19 heavy (non-hydrogen) atoms. The number of aliphatic hydroxyl groups is 1. The van der Waals surface area contributed by atoms with Crippen LogP contribution in [-0.2, 0) is 0 Å². The Kier molecular flexibility index (Phi) is 5.13. The highest BCUT2D eigenvalue weighted by Gasteiger charge is 2.22. The molecule has 1 aromatic heterocycles. The Labute approximate surface area is 113 Å². The molecule has 0 saturated carbocycles. The number of aromatic nitrogens is 1. The third kappa shape index (κ3) is 5.14. The van der Waals surface area contributed by atoms with E-state index in [1.54, 1.807) is 6.92 Å². The van der Waals surface area contributed by atoms with Crippen LogP contribution >= 0.6 is 0 Å². The fourth-order valence-corrected chi connectivity index (χ4v) is 1.64. The van der Waals surface area contributed by atoms with Crippen LogP contribution in [0, 0.1) is 17.2 Å². The first-order valence-electron chi connectivity index (χ1n) is 6.43. The molecule has 0 aromatic carbocycles. The monoisotopic (exact) mass is 263 g/mol. The van der Waals surface area contributed by atoms with Gasteiger partial charge in [-0.15, -0.1) is 0 Å². The number of aromatic amines is 1. The minimum absolute atomic E-state index is 0.194. The van der Waals surface area contributed by atoms with Crippen LogP contribution in [0.25, 0.3) is 0 Å². The predicted molar refractivity (Wildman–Crippen MR) is 72.5 cm³/mol. The van der Waals surface area contributed by atoms with Crippen molar-refractivity contribution in [1.29, 1.82) is 5.26 Å². The van der Waals surface area contributed by atoms with Crippen LogP contribution in [0.5, 0.6) is 0 Å². The topological polar surface area (TPSA) is 88.9 Å². The van der Waals surface area contributed by atoms with E-state index >= 15 is 0 Å². The summed E-state index contributed by atoms with van der Waals surface area (Å²) in [4.78, 5) is 14.5. The standard InChI is InChI=1S/C14H21N3O2/c1-10(2)4-5-14(3,19)9-17-13(18)12-6-11(7-15)8-16-12/h6,8,10,16,19H,4-5,9H2,1-3H3,(H,17,18). The Hall–Kier alpha value is -1.80. The lowest BCUT2D eigenvalue weighted by molar-refractivity contribution is 0.0428. The number of nitrogens with zero attached hydrogens (tertiary/aromatic N) is 1. The highest BCUT2D eigenvalue weighted by Crippen LogP contribution is 2.15. The first-order valence-corrected chi connectivity index (χ1v) is 6.43. The summed E-state index contributed by atoms with van der Waals surface area (Å²) >= 11 is 0. The Morgan fingerprint density at radius 2 is 2.32 bits per heavy atom. The molecule has 1 amide bonds. The summed E-state index contributed by atoms with van der Waals surface area (Å²) in [6, 6.07) is 3.43. The molecule has 104 valence electrons. The van der Waals surface area contributed by atoms with Crippen molar-refractivity contribution in [2.45, 2.75) is 39.2 Å². The van der Waals surface area contributed by atoms with Crippen LogP contribution < -0.4 is 5.32 Å². The van der Waals surface area contributed by atoms with E-state index in [0.29, 0.717) is 23.6 Å². The Balaban J connectivity index is 2.47. The summed E-state index contributed by atoms with van der Waals surface area (Å²) in [7, 11) is 0. The van der Waals surface area contributed by atoms with Crippen LogP contribution in [0.2, 0.25) is 0 Å². The van der Waals surface area contributed by atoms with E-state index in [1.807, 2.05) is 6.07 Å². The summed E-state index contributed by atoms with van der Waals surface area (Å²) in [6.07, 6.45) is 3.02. The molecule has 3 N–H and O–H groups in total. The molecule has 5 nitrogen and oxygen atoms in total. The number of nitriles is 1.